The molecule has 0 aliphatic carbocycles. The maximum absolute atomic E-state index is 12.0. The van der Waals surface area contributed by atoms with Crippen LogP contribution in [0.3, 0.4) is 0 Å². The molecule has 0 aliphatic rings. The van der Waals surface area contributed by atoms with Gasteiger partial charge in [-0.2, -0.15) is 0 Å². The second kappa shape index (κ2) is 8.18. The van der Waals surface area contributed by atoms with Crippen molar-refractivity contribution in [2.45, 2.75) is 19.9 Å². The lowest BCUT2D eigenvalue weighted by Crippen LogP contribution is -2.31. The van der Waals surface area contributed by atoms with Crippen molar-refractivity contribution in [3.8, 4) is 5.75 Å². The first-order chi connectivity index (χ1) is 11.4. The van der Waals surface area contributed by atoms with Gasteiger partial charge in [-0.3, -0.25) is 9.59 Å². The van der Waals surface area contributed by atoms with E-state index in [9.17, 15) is 9.59 Å². The third-order valence-corrected chi connectivity index (χ3v) is 4.19. The molecular weight excluding hydrogens is 349 g/mol. The number of Topliss-reactive ketones (excluding diaryl/α,β-unsaturated/α-hetero) is 1. The molecule has 0 fully saturated rings. The smallest absolute Gasteiger partial charge is 0.258 e. The Kier molecular flexibility index (Phi) is 6.23. The summed E-state index contributed by atoms with van der Waals surface area (Å²) in [6, 6.07) is 11.6. The highest BCUT2D eigenvalue weighted by atomic mass is 35.5. The number of halogens is 2. The van der Waals surface area contributed by atoms with Crippen molar-refractivity contribution in [3.63, 3.8) is 0 Å². The monoisotopic (exact) mass is 365 g/mol. The van der Waals surface area contributed by atoms with Crippen LogP contribution in [0.15, 0.2) is 42.5 Å². The van der Waals surface area contributed by atoms with Crippen molar-refractivity contribution in [2.75, 3.05) is 6.61 Å². The summed E-state index contributed by atoms with van der Waals surface area (Å²) >= 11 is 11.9. The lowest BCUT2D eigenvalue weighted by molar-refractivity contribution is -0.123. The van der Waals surface area contributed by atoms with E-state index in [1.54, 1.807) is 42.5 Å². The lowest BCUT2D eigenvalue weighted by Gasteiger charge is -2.15. The Bertz CT molecular complexity index is 744. The van der Waals surface area contributed by atoms with Crippen LogP contribution in [0.5, 0.6) is 5.75 Å². The maximum atomic E-state index is 12.0. The van der Waals surface area contributed by atoms with Crippen LogP contribution >= 0.6 is 23.2 Å². The average Bonchev–Trinajstić information content (AvgIpc) is 2.55. The summed E-state index contributed by atoms with van der Waals surface area (Å²) in [5.74, 6) is 0.247. The van der Waals surface area contributed by atoms with Gasteiger partial charge in [-0.05, 0) is 55.8 Å². The molecule has 0 spiro atoms. The Hall–Kier alpha value is -2.04. The molecule has 2 aromatic rings. The van der Waals surface area contributed by atoms with Gasteiger partial charge in [-0.1, -0.05) is 29.3 Å². The van der Waals surface area contributed by atoms with Crippen molar-refractivity contribution in [2.24, 2.45) is 0 Å². The van der Waals surface area contributed by atoms with Gasteiger partial charge in [0.1, 0.15) is 5.75 Å². The molecule has 0 saturated heterocycles. The Morgan fingerprint density at radius 1 is 1.08 bits per heavy atom. The molecule has 0 aromatic heterocycles. The molecule has 0 radical (unpaired) electrons. The zero-order chi connectivity index (χ0) is 17.7. The fourth-order valence-corrected chi connectivity index (χ4v) is 2.39. The third kappa shape index (κ3) is 4.98. The molecule has 2 rings (SSSR count). The van der Waals surface area contributed by atoms with E-state index in [1.807, 2.05) is 6.92 Å². The highest BCUT2D eigenvalue weighted by Gasteiger charge is 2.11. The first-order valence-corrected chi connectivity index (χ1v) is 8.10. The Morgan fingerprint density at radius 3 is 2.33 bits per heavy atom. The van der Waals surface area contributed by atoms with Crippen LogP contribution in [0.2, 0.25) is 10.0 Å². The molecule has 2 aromatic carbocycles. The molecule has 1 atom stereocenters. The number of carbonyl (C=O) groups excluding carboxylic acids is 2. The molecular formula is C18H17Cl2NO3. The van der Waals surface area contributed by atoms with Crippen LogP contribution in [0.25, 0.3) is 0 Å². The van der Waals surface area contributed by atoms with E-state index >= 15 is 0 Å². The predicted molar refractivity (Wildman–Crippen MR) is 95.0 cm³/mol. The average molecular weight is 366 g/mol. The molecule has 6 heteroatoms. The molecule has 0 saturated carbocycles. The van der Waals surface area contributed by atoms with Gasteiger partial charge < -0.3 is 10.1 Å². The summed E-state index contributed by atoms with van der Waals surface area (Å²) in [5.41, 5.74) is 1.45. The molecule has 1 unspecified atom stereocenters. The summed E-state index contributed by atoms with van der Waals surface area (Å²) in [4.78, 5) is 23.2. The van der Waals surface area contributed by atoms with Crippen molar-refractivity contribution in [1.29, 1.82) is 0 Å². The fraction of sp³-hybridized carbons (Fsp3) is 0.222. The fourth-order valence-electron chi connectivity index (χ4n) is 2.08. The lowest BCUT2D eigenvalue weighted by atomic mass is 10.1. The van der Waals surface area contributed by atoms with Crippen molar-refractivity contribution in [1.82, 2.24) is 5.32 Å². The normalized spacial score (nSPS) is 11.7. The zero-order valence-corrected chi connectivity index (χ0v) is 14.8. The van der Waals surface area contributed by atoms with Gasteiger partial charge in [0.2, 0.25) is 0 Å². The van der Waals surface area contributed by atoms with E-state index in [0.29, 0.717) is 21.4 Å². The number of amides is 1. The number of nitrogens with one attached hydrogen (secondary N) is 1. The van der Waals surface area contributed by atoms with Crippen LogP contribution in [0.4, 0.5) is 0 Å². The topological polar surface area (TPSA) is 55.4 Å². The SMILES string of the molecule is CC(=O)c1ccc(OCC(=O)NC(C)c2ccc(Cl)c(Cl)c2)cc1. The molecule has 1 N–H and O–H groups in total. The van der Waals surface area contributed by atoms with Gasteiger partial charge in [-0.25, -0.2) is 0 Å². The summed E-state index contributed by atoms with van der Waals surface area (Å²) in [7, 11) is 0. The van der Waals surface area contributed by atoms with Crippen molar-refractivity contribution in [3.05, 3.63) is 63.6 Å². The van der Waals surface area contributed by atoms with E-state index in [2.05, 4.69) is 5.32 Å². The predicted octanol–water partition coefficient (Wildman–Crippen LogP) is 4.45. The first kappa shape index (κ1) is 18.3. The van der Waals surface area contributed by atoms with E-state index in [4.69, 9.17) is 27.9 Å². The minimum Gasteiger partial charge on any atom is -0.484 e. The van der Waals surface area contributed by atoms with Crippen LogP contribution < -0.4 is 10.1 Å². The quantitative estimate of drug-likeness (QED) is 0.769. The molecule has 126 valence electrons. The van der Waals surface area contributed by atoms with Crippen molar-refractivity contribution >= 4 is 34.9 Å². The first-order valence-electron chi connectivity index (χ1n) is 7.35. The van der Waals surface area contributed by atoms with E-state index in [1.165, 1.54) is 6.92 Å². The number of hydrogen-bond donors (Lipinski definition) is 1. The number of ketones is 1. The number of ether oxygens (including phenoxy) is 1. The number of benzene rings is 2. The van der Waals surface area contributed by atoms with Gasteiger partial charge in [0, 0.05) is 5.56 Å². The minimum atomic E-state index is -0.260. The van der Waals surface area contributed by atoms with Crippen LogP contribution in [-0.4, -0.2) is 18.3 Å². The highest BCUT2D eigenvalue weighted by molar-refractivity contribution is 6.42. The van der Waals surface area contributed by atoms with Gasteiger partial charge in [-0.15, -0.1) is 0 Å². The molecule has 0 bridgehead atoms. The Balaban J connectivity index is 1.88. The summed E-state index contributed by atoms with van der Waals surface area (Å²) in [5, 5.41) is 3.73. The minimum absolute atomic E-state index is 0.0188. The number of carbonyl (C=O) groups is 2. The second-order valence-electron chi connectivity index (χ2n) is 5.33. The van der Waals surface area contributed by atoms with Gasteiger partial charge in [0.25, 0.3) is 5.91 Å². The Morgan fingerprint density at radius 2 is 1.75 bits per heavy atom. The molecule has 1 amide bonds. The number of rotatable bonds is 6. The maximum Gasteiger partial charge on any atom is 0.258 e. The highest BCUT2D eigenvalue weighted by Crippen LogP contribution is 2.25. The Labute approximate surface area is 150 Å². The standard InChI is InChI=1S/C18H17Cl2NO3/c1-11(14-5-8-16(19)17(20)9-14)21-18(23)10-24-15-6-3-13(4-7-15)12(2)22/h3-9,11H,10H2,1-2H3,(H,21,23). The van der Waals surface area contributed by atoms with Gasteiger partial charge in [0.05, 0.1) is 16.1 Å². The second-order valence-corrected chi connectivity index (χ2v) is 6.15. The van der Waals surface area contributed by atoms with Crippen LogP contribution in [0, 0.1) is 0 Å². The van der Waals surface area contributed by atoms with Gasteiger partial charge in [0.15, 0.2) is 12.4 Å². The molecule has 24 heavy (non-hydrogen) atoms. The molecule has 0 heterocycles. The summed E-state index contributed by atoms with van der Waals surface area (Å²) < 4.78 is 5.41. The molecule has 0 aliphatic heterocycles. The van der Waals surface area contributed by atoms with E-state index in [0.717, 1.165) is 5.56 Å². The van der Waals surface area contributed by atoms with Gasteiger partial charge >= 0.3 is 0 Å². The number of hydrogen-bond acceptors (Lipinski definition) is 3. The largest absolute Gasteiger partial charge is 0.484 e. The van der Waals surface area contributed by atoms with E-state index < -0.39 is 0 Å². The van der Waals surface area contributed by atoms with Crippen LogP contribution in [0.1, 0.15) is 35.8 Å². The summed E-state index contributed by atoms with van der Waals surface area (Å²) in [6.45, 7) is 3.22. The van der Waals surface area contributed by atoms with E-state index in [-0.39, 0.29) is 24.3 Å². The molecule has 4 nitrogen and oxygen atoms in total. The summed E-state index contributed by atoms with van der Waals surface area (Å²) in [6.07, 6.45) is 0. The zero-order valence-electron chi connectivity index (χ0n) is 13.3. The van der Waals surface area contributed by atoms with Crippen LogP contribution in [-0.2, 0) is 4.79 Å². The third-order valence-electron chi connectivity index (χ3n) is 3.45. The van der Waals surface area contributed by atoms with Crippen molar-refractivity contribution < 1.29 is 14.3 Å².